The van der Waals surface area contributed by atoms with Gasteiger partial charge in [-0.2, -0.15) is 0 Å². The predicted molar refractivity (Wildman–Crippen MR) is 85.9 cm³/mol. The van der Waals surface area contributed by atoms with Crippen molar-refractivity contribution in [1.29, 1.82) is 0 Å². The van der Waals surface area contributed by atoms with Gasteiger partial charge in [-0.25, -0.2) is 0 Å². The highest BCUT2D eigenvalue weighted by Crippen LogP contribution is 2.33. The Labute approximate surface area is 120 Å². The standard InChI is InChI=1S/C19H19N/c1-19(2,3)17-13-20-18(14-9-5-4-6-10-14)16-12-8-7-11-15(16)17/h4-13H,1-3H3. The van der Waals surface area contributed by atoms with Crippen molar-refractivity contribution in [1.82, 2.24) is 4.98 Å². The summed E-state index contributed by atoms with van der Waals surface area (Å²) >= 11 is 0. The van der Waals surface area contributed by atoms with Crippen LogP contribution in [-0.4, -0.2) is 4.98 Å². The van der Waals surface area contributed by atoms with Gasteiger partial charge in [0.05, 0.1) is 5.69 Å². The zero-order valence-electron chi connectivity index (χ0n) is 12.2. The summed E-state index contributed by atoms with van der Waals surface area (Å²) in [7, 11) is 0. The number of benzene rings is 2. The van der Waals surface area contributed by atoms with Crippen LogP contribution in [0.2, 0.25) is 0 Å². The number of rotatable bonds is 1. The summed E-state index contributed by atoms with van der Waals surface area (Å²) in [4.78, 5) is 4.74. The number of aromatic nitrogens is 1. The van der Waals surface area contributed by atoms with Gasteiger partial charge >= 0.3 is 0 Å². The fraction of sp³-hybridized carbons (Fsp3) is 0.211. The molecule has 0 saturated heterocycles. The minimum Gasteiger partial charge on any atom is -0.255 e. The van der Waals surface area contributed by atoms with Crippen LogP contribution in [0.25, 0.3) is 22.0 Å². The molecule has 3 rings (SSSR count). The van der Waals surface area contributed by atoms with E-state index in [4.69, 9.17) is 4.98 Å². The molecule has 1 heteroatoms. The molecule has 0 bridgehead atoms. The van der Waals surface area contributed by atoms with E-state index in [1.165, 1.54) is 21.9 Å². The van der Waals surface area contributed by atoms with Gasteiger partial charge in [0.2, 0.25) is 0 Å². The van der Waals surface area contributed by atoms with Gasteiger partial charge < -0.3 is 0 Å². The highest BCUT2D eigenvalue weighted by molar-refractivity contribution is 5.96. The minimum atomic E-state index is 0.0990. The van der Waals surface area contributed by atoms with E-state index in [9.17, 15) is 0 Å². The first-order valence-electron chi connectivity index (χ1n) is 7.01. The van der Waals surface area contributed by atoms with Crippen molar-refractivity contribution in [3.63, 3.8) is 0 Å². The van der Waals surface area contributed by atoms with Gasteiger partial charge in [-0.3, -0.25) is 4.98 Å². The molecule has 2 aromatic carbocycles. The summed E-state index contributed by atoms with van der Waals surface area (Å²) in [5, 5.41) is 2.53. The normalized spacial score (nSPS) is 11.8. The van der Waals surface area contributed by atoms with Crippen LogP contribution in [0.1, 0.15) is 26.3 Å². The molecule has 0 spiro atoms. The Morgan fingerprint density at radius 2 is 1.35 bits per heavy atom. The van der Waals surface area contributed by atoms with Crippen LogP contribution in [0.5, 0.6) is 0 Å². The summed E-state index contributed by atoms with van der Waals surface area (Å²) in [6.07, 6.45) is 2.03. The Bertz CT molecular complexity index is 737. The maximum atomic E-state index is 4.74. The topological polar surface area (TPSA) is 12.9 Å². The van der Waals surface area contributed by atoms with E-state index in [2.05, 4.69) is 69.3 Å². The highest BCUT2D eigenvalue weighted by Gasteiger charge is 2.18. The Morgan fingerprint density at radius 3 is 2.00 bits per heavy atom. The van der Waals surface area contributed by atoms with Gasteiger partial charge in [-0.1, -0.05) is 75.4 Å². The van der Waals surface area contributed by atoms with Crippen LogP contribution in [0, 0.1) is 0 Å². The molecule has 3 aromatic rings. The van der Waals surface area contributed by atoms with Gasteiger partial charge in [-0.15, -0.1) is 0 Å². The molecular formula is C19H19N. The number of hydrogen-bond donors (Lipinski definition) is 0. The van der Waals surface area contributed by atoms with Crippen molar-refractivity contribution < 1.29 is 0 Å². The zero-order valence-corrected chi connectivity index (χ0v) is 12.2. The smallest absolute Gasteiger partial charge is 0.0780 e. The Balaban J connectivity index is 2.33. The van der Waals surface area contributed by atoms with E-state index in [0.717, 1.165) is 5.69 Å². The average molecular weight is 261 g/mol. The lowest BCUT2D eigenvalue weighted by atomic mass is 9.84. The molecule has 0 N–H and O–H groups in total. The molecule has 100 valence electrons. The number of hydrogen-bond acceptors (Lipinski definition) is 1. The lowest BCUT2D eigenvalue weighted by molar-refractivity contribution is 0.593. The average Bonchev–Trinajstić information content (AvgIpc) is 2.46. The van der Waals surface area contributed by atoms with Gasteiger partial charge in [0.15, 0.2) is 0 Å². The maximum Gasteiger partial charge on any atom is 0.0780 e. The lowest BCUT2D eigenvalue weighted by Gasteiger charge is -2.22. The maximum absolute atomic E-state index is 4.74. The van der Waals surface area contributed by atoms with Crippen molar-refractivity contribution >= 4 is 10.8 Å². The fourth-order valence-corrected chi connectivity index (χ4v) is 2.62. The SMILES string of the molecule is CC(C)(C)c1cnc(-c2ccccc2)c2ccccc12. The third-order valence-corrected chi connectivity index (χ3v) is 3.65. The molecule has 0 fully saturated rings. The second kappa shape index (κ2) is 4.75. The van der Waals surface area contributed by atoms with Crippen molar-refractivity contribution in [2.24, 2.45) is 0 Å². The molecule has 0 amide bonds. The molecular weight excluding hydrogens is 242 g/mol. The summed E-state index contributed by atoms with van der Waals surface area (Å²) in [6, 6.07) is 18.9. The quantitative estimate of drug-likeness (QED) is 0.586. The van der Waals surface area contributed by atoms with Crippen LogP contribution < -0.4 is 0 Å². The molecule has 1 heterocycles. The lowest BCUT2D eigenvalue weighted by Crippen LogP contribution is -2.12. The molecule has 1 aromatic heterocycles. The number of fused-ring (bicyclic) bond motifs is 1. The van der Waals surface area contributed by atoms with E-state index < -0.39 is 0 Å². The van der Waals surface area contributed by atoms with Crippen molar-refractivity contribution in [2.75, 3.05) is 0 Å². The predicted octanol–water partition coefficient (Wildman–Crippen LogP) is 5.20. The van der Waals surface area contributed by atoms with Gasteiger partial charge in [0, 0.05) is 17.1 Å². The molecule has 0 aliphatic rings. The van der Waals surface area contributed by atoms with E-state index in [-0.39, 0.29) is 5.41 Å². The minimum absolute atomic E-state index is 0.0990. The van der Waals surface area contributed by atoms with Crippen LogP contribution >= 0.6 is 0 Å². The molecule has 0 aliphatic heterocycles. The first-order valence-corrected chi connectivity index (χ1v) is 7.01. The third kappa shape index (κ3) is 2.20. The van der Waals surface area contributed by atoms with E-state index in [1.54, 1.807) is 0 Å². The summed E-state index contributed by atoms with van der Waals surface area (Å²) in [5.41, 5.74) is 3.63. The molecule has 20 heavy (non-hydrogen) atoms. The number of pyridine rings is 1. The van der Waals surface area contributed by atoms with E-state index in [1.807, 2.05) is 12.3 Å². The van der Waals surface area contributed by atoms with Gasteiger partial charge in [0.25, 0.3) is 0 Å². The van der Waals surface area contributed by atoms with Crippen molar-refractivity contribution in [2.45, 2.75) is 26.2 Å². The van der Waals surface area contributed by atoms with E-state index >= 15 is 0 Å². The third-order valence-electron chi connectivity index (χ3n) is 3.65. The van der Waals surface area contributed by atoms with Gasteiger partial charge in [0.1, 0.15) is 0 Å². The summed E-state index contributed by atoms with van der Waals surface area (Å²) in [5.74, 6) is 0. The second-order valence-electron chi connectivity index (χ2n) is 6.18. The van der Waals surface area contributed by atoms with Crippen molar-refractivity contribution in [3.8, 4) is 11.3 Å². The summed E-state index contributed by atoms with van der Waals surface area (Å²) < 4.78 is 0. The molecule has 0 radical (unpaired) electrons. The zero-order chi connectivity index (χ0) is 14.2. The second-order valence-corrected chi connectivity index (χ2v) is 6.18. The Morgan fingerprint density at radius 1 is 0.750 bits per heavy atom. The molecule has 0 unspecified atom stereocenters. The van der Waals surface area contributed by atoms with Gasteiger partial charge in [-0.05, 0) is 16.4 Å². The molecule has 1 nitrogen and oxygen atoms in total. The van der Waals surface area contributed by atoms with Crippen LogP contribution in [0.4, 0.5) is 0 Å². The van der Waals surface area contributed by atoms with Crippen molar-refractivity contribution in [3.05, 3.63) is 66.4 Å². The highest BCUT2D eigenvalue weighted by atomic mass is 14.7. The van der Waals surface area contributed by atoms with Crippen LogP contribution in [0.3, 0.4) is 0 Å². The number of nitrogens with zero attached hydrogens (tertiary/aromatic N) is 1. The van der Waals surface area contributed by atoms with Crippen LogP contribution in [-0.2, 0) is 5.41 Å². The monoisotopic (exact) mass is 261 g/mol. The molecule has 0 atom stereocenters. The fourth-order valence-electron chi connectivity index (χ4n) is 2.62. The Hall–Kier alpha value is -2.15. The van der Waals surface area contributed by atoms with Crippen LogP contribution in [0.15, 0.2) is 60.8 Å². The molecule has 0 aliphatic carbocycles. The largest absolute Gasteiger partial charge is 0.255 e. The summed E-state index contributed by atoms with van der Waals surface area (Å²) in [6.45, 7) is 6.70. The first kappa shape index (κ1) is 12.9. The molecule has 0 saturated carbocycles. The first-order chi connectivity index (χ1) is 9.57. The Kier molecular flexibility index (Phi) is 3.06. The van der Waals surface area contributed by atoms with E-state index in [0.29, 0.717) is 0 Å².